The number of cyclic esters (lactones) is 1. The average Bonchev–Trinajstić information content (AvgIpc) is 4.19. The van der Waals surface area contributed by atoms with Crippen molar-refractivity contribution in [1.29, 1.82) is 0 Å². The summed E-state index contributed by atoms with van der Waals surface area (Å²) in [5.41, 5.74) is -0.384. The highest BCUT2D eigenvalue weighted by Gasteiger charge is 2.92. The van der Waals surface area contributed by atoms with Crippen molar-refractivity contribution in [1.82, 2.24) is 31.9 Å². The molecule has 7 aliphatic rings. The fourth-order valence-corrected chi connectivity index (χ4v) is 11.5. The summed E-state index contributed by atoms with van der Waals surface area (Å²) in [4.78, 5) is 88.5. The molecule has 21 heteroatoms. The maximum atomic E-state index is 14.2. The number of epoxide rings is 2. The molecule has 7 rings (SSSR count). The first kappa shape index (κ1) is 55.9. The number of rotatable bonds is 31. The standard InChI is InChI=1S/C52H80N6O15/c1-33-38(57-46(63)56-33)15-7-6-8-17-42(59)53-21-12-23-66-26-28-68-29-27-67-24-13-22-54-44(61)39(16-9-10-20-55-47(64)73-49(2,3)4)58-48(65)69-25-11-14-34-30-41-52(72-41)50(5)19-18-35-36(32-70-45(35)62)37(50)31-40-51(52,71-40)43(34)60/h30,33,37-41H,6-29,31-32H2,1-5H3,(H,53,59)(H,54,61)(H,55,64)(H,58,65)(H2,56,57,63)/t33-,37-,38+,39?,40-,41-,50-,51+,52+/m0/s1. The van der Waals surface area contributed by atoms with E-state index >= 15 is 0 Å². The van der Waals surface area contributed by atoms with Gasteiger partial charge in [-0.3, -0.25) is 14.4 Å². The van der Waals surface area contributed by atoms with Gasteiger partial charge in [-0.1, -0.05) is 19.8 Å². The predicted molar refractivity (Wildman–Crippen MR) is 263 cm³/mol. The van der Waals surface area contributed by atoms with Gasteiger partial charge in [0.25, 0.3) is 0 Å². The molecule has 3 aliphatic carbocycles. The molecule has 1 saturated carbocycles. The Morgan fingerprint density at radius 3 is 2.23 bits per heavy atom. The minimum atomic E-state index is -1.03. The number of ketones is 1. The number of unbranched alkanes of at least 4 members (excludes halogenated alkanes) is 3. The van der Waals surface area contributed by atoms with Crippen molar-refractivity contribution >= 4 is 41.8 Å². The molecule has 73 heavy (non-hydrogen) atoms. The second-order valence-corrected chi connectivity index (χ2v) is 21.6. The lowest BCUT2D eigenvalue weighted by molar-refractivity contribution is -0.136. The molecule has 4 fully saturated rings. The van der Waals surface area contributed by atoms with E-state index in [2.05, 4.69) is 38.8 Å². The molecule has 0 radical (unpaired) electrons. The molecule has 408 valence electrons. The van der Waals surface area contributed by atoms with Gasteiger partial charge in [0.2, 0.25) is 11.8 Å². The van der Waals surface area contributed by atoms with E-state index in [1.165, 1.54) is 0 Å². The van der Waals surface area contributed by atoms with E-state index < -0.39 is 35.0 Å². The summed E-state index contributed by atoms with van der Waals surface area (Å²) in [6.07, 6.45) is 9.45. The fraction of sp³-hybridized carbons (Fsp3) is 0.788. The smallest absolute Gasteiger partial charge is 0.407 e. The number of hydrogen-bond donors (Lipinski definition) is 6. The van der Waals surface area contributed by atoms with Gasteiger partial charge >= 0.3 is 24.2 Å². The molecule has 2 spiro atoms. The van der Waals surface area contributed by atoms with Crippen molar-refractivity contribution in [2.45, 2.75) is 178 Å². The maximum absolute atomic E-state index is 14.2. The number of esters is 1. The van der Waals surface area contributed by atoms with Crippen molar-refractivity contribution in [3.8, 4) is 0 Å². The van der Waals surface area contributed by atoms with Crippen LogP contribution < -0.4 is 31.9 Å². The quantitative estimate of drug-likeness (QED) is 0.0247. The highest BCUT2D eigenvalue weighted by molar-refractivity contribution is 6.08. The molecule has 21 nitrogen and oxygen atoms in total. The Morgan fingerprint density at radius 1 is 0.808 bits per heavy atom. The number of alkyl carbamates (subject to hydrolysis) is 2. The van der Waals surface area contributed by atoms with Crippen LogP contribution in [0.3, 0.4) is 0 Å². The van der Waals surface area contributed by atoms with Crippen molar-refractivity contribution in [2.24, 2.45) is 11.3 Å². The molecule has 6 N–H and O–H groups in total. The van der Waals surface area contributed by atoms with Crippen molar-refractivity contribution in [2.75, 3.05) is 72.5 Å². The van der Waals surface area contributed by atoms with Crippen LogP contribution in [-0.2, 0) is 57.1 Å². The third-order valence-corrected chi connectivity index (χ3v) is 15.3. The van der Waals surface area contributed by atoms with Gasteiger partial charge in [-0.25, -0.2) is 19.2 Å². The molecule has 0 bridgehead atoms. The Balaban J connectivity index is 0.731. The SMILES string of the molecule is C[C@@H]1NC(=O)N[C@@H]1CCCCCC(=O)NCCCOCCOCCOCCCNC(=O)C(CCCCNC(=O)OC(C)(C)C)NC(=O)OCCCC1=C[C@@H]2O[C@@]23[C@@]2(C)CCC4=C(COC4=O)[C@@H]2C[C@@H]2O[C@@]23C1=O. The second kappa shape index (κ2) is 25.1. The summed E-state index contributed by atoms with van der Waals surface area (Å²) in [5.74, 6) is -0.593. The first-order valence-electron chi connectivity index (χ1n) is 26.7. The van der Waals surface area contributed by atoms with Crippen molar-refractivity contribution < 1.29 is 71.5 Å². The normalized spacial score (nSPS) is 28.6. The topological polar surface area (TPSA) is 272 Å². The van der Waals surface area contributed by atoms with E-state index in [1.807, 2.05) is 13.0 Å². The van der Waals surface area contributed by atoms with Gasteiger partial charge in [0.05, 0.1) is 45.2 Å². The summed E-state index contributed by atoms with van der Waals surface area (Å²) in [5, 5.41) is 17.0. The molecule has 6 amide bonds. The number of carbonyl (C=O) groups is 7. The molecule has 4 aliphatic heterocycles. The zero-order chi connectivity index (χ0) is 52.2. The highest BCUT2D eigenvalue weighted by atomic mass is 16.7. The molecule has 0 aromatic rings. The summed E-state index contributed by atoms with van der Waals surface area (Å²) < 4.78 is 45.9. The van der Waals surface area contributed by atoms with E-state index in [-0.39, 0.29) is 71.8 Å². The number of fused-ring (bicyclic) bond motifs is 2. The van der Waals surface area contributed by atoms with E-state index in [0.29, 0.717) is 142 Å². The number of hydrogen-bond acceptors (Lipinski definition) is 15. The van der Waals surface area contributed by atoms with Crippen LogP contribution in [0, 0.1) is 11.3 Å². The third-order valence-electron chi connectivity index (χ3n) is 15.3. The van der Waals surface area contributed by atoms with Crippen LogP contribution in [0.2, 0.25) is 0 Å². The molecule has 9 atom stereocenters. The van der Waals surface area contributed by atoms with Gasteiger partial charge in [0.15, 0.2) is 11.4 Å². The Hall–Kier alpha value is -4.83. The zero-order valence-corrected chi connectivity index (χ0v) is 43.5. The summed E-state index contributed by atoms with van der Waals surface area (Å²) in [7, 11) is 0. The van der Waals surface area contributed by atoms with Crippen molar-refractivity contribution in [3.63, 3.8) is 0 Å². The lowest BCUT2D eigenvalue weighted by Gasteiger charge is -2.51. The number of amides is 6. The largest absolute Gasteiger partial charge is 0.458 e. The maximum Gasteiger partial charge on any atom is 0.407 e. The Labute approximate surface area is 428 Å². The first-order chi connectivity index (χ1) is 35.0. The molecule has 0 aromatic carbocycles. The number of Topliss-reactive ketones (excluding diaryl/α,β-unsaturated/α-hetero) is 1. The Morgan fingerprint density at radius 2 is 1.52 bits per heavy atom. The van der Waals surface area contributed by atoms with Crippen LogP contribution in [0.1, 0.15) is 131 Å². The molecular weight excluding hydrogens is 949 g/mol. The lowest BCUT2D eigenvalue weighted by atomic mass is 9.48. The van der Waals surface area contributed by atoms with Crippen LogP contribution in [-0.4, -0.2) is 161 Å². The average molecular weight is 1030 g/mol. The molecule has 4 heterocycles. The minimum absolute atomic E-state index is 0.0177. The van der Waals surface area contributed by atoms with Crippen LogP contribution in [0.15, 0.2) is 22.8 Å². The van der Waals surface area contributed by atoms with Crippen molar-refractivity contribution in [3.05, 3.63) is 22.8 Å². The second-order valence-electron chi connectivity index (χ2n) is 21.6. The van der Waals surface area contributed by atoms with Gasteiger partial charge in [-0.05, 0) is 128 Å². The van der Waals surface area contributed by atoms with Gasteiger partial charge in [0.1, 0.15) is 30.0 Å². The van der Waals surface area contributed by atoms with Crippen LogP contribution in [0.25, 0.3) is 0 Å². The van der Waals surface area contributed by atoms with Crippen LogP contribution in [0.5, 0.6) is 0 Å². The molecule has 0 aromatic heterocycles. The van der Waals surface area contributed by atoms with Gasteiger partial charge in [-0.2, -0.15) is 0 Å². The Kier molecular flexibility index (Phi) is 19.3. The van der Waals surface area contributed by atoms with Gasteiger partial charge in [-0.15, -0.1) is 0 Å². The van der Waals surface area contributed by atoms with Crippen LogP contribution >= 0.6 is 0 Å². The lowest BCUT2D eigenvalue weighted by Crippen LogP contribution is -2.63. The minimum Gasteiger partial charge on any atom is -0.458 e. The summed E-state index contributed by atoms with van der Waals surface area (Å²) in [6.45, 7) is 13.5. The monoisotopic (exact) mass is 1030 g/mol. The first-order valence-corrected chi connectivity index (χ1v) is 26.7. The summed E-state index contributed by atoms with van der Waals surface area (Å²) in [6, 6.07) is -0.718. The number of carbonyl (C=O) groups excluding carboxylic acids is 7. The third kappa shape index (κ3) is 13.7. The zero-order valence-electron chi connectivity index (χ0n) is 43.5. The van der Waals surface area contributed by atoms with Crippen LogP contribution in [0.4, 0.5) is 14.4 Å². The number of ether oxygens (including phenoxy) is 8. The highest BCUT2D eigenvalue weighted by Crippen LogP contribution is 2.77. The van der Waals surface area contributed by atoms with Gasteiger partial charge < -0.3 is 69.8 Å². The molecular formula is C52H80N6O15. The van der Waals surface area contributed by atoms with E-state index in [1.54, 1.807) is 20.8 Å². The molecule has 1 unspecified atom stereocenters. The van der Waals surface area contributed by atoms with Gasteiger partial charge in [0, 0.05) is 56.3 Å². The Bertz CT molecular complexity index is 2080. The number of nitrogens with one attached hydrogen (secondary N) is 6. The van der Waals surface area contributed by atoms with E-state index in [0.717, 1.165) is 36.8 Å². The van der Waals surface area contributed by atoms with E-state index in [9.17, 15) is 33.6 Å². The van der Waals surface area contributed by atoms with E-state index in [4.69, 9.17) is 37.9 Å². The molecule has 3 saturated heterocycles. The summed E-state index contributed by atoms with van der Waals surface area (Å²) >= 11 is 0. The fourth-order valence-electron chi connectivity index (χ4n) is 11.5. The predicted octanol–water partition coefficient (Wildman–Crippen LogP) is 4.10. The number of urea groups is 1.